The number of aliphatic hydroxyl groups excluding tert-OH is 1. The fraction of sp³-hybridized carbons (Fsp3) is 0.350. The van der Waals surface area contributed by atoms with Gasteiger partial charge in [0.25, 0.3) is 0 Å². The van der Waals surface area contributed by atoms with Crippen LogP contribution in [0.1, 0.15) is 48.6 Å². The summed E-state index contributed by atoms with van der Waals surface area (Å²) in [5.41, 5.74) is 3.40. The van der Waals surface area contributed by atoms with Crippen molar-refractivity contribution in [3.8, 4) is 0 Å². The number of carbonyl (C=O) groups excluding carboxylic acids is 1. The van der Waals surface area contributed by atoms with Crippen LogP contribution in [0.15, 0.2) is 54.6 Å². The number of carbonyl (C=O) groups is 1. The van der Waals surface area contributed by atoms with Crippen LogP contribution < -0.4 is 10.6 Å². The van der Waals surface area contributed by atoms with E-state index in [-0.39, 0.29) is 18.1 Å². The van der Waals surface area contributed by atoms with E-state index in [9.17, 15) is 9.90 Å². The molecule has 0 saturated carbocycles. The molecule has 3 rings (SSSR count). The maximum absolute atomic E-state index is 12.2. The molecular formula is C20H24N2O2. The standard InChI is InChI=1S/C20H24N2O2/c1-14(13-19(23)16-8-3-2-4-9-16)21-20(24)22-18-12-11-15-7-5-6-10-17(15)18/h2-10,14,18-19,23H,11-13H2,1H3,(H2,21,22,24). The Balaban J connectivity index is 1.50. The van der Waals surface area contributed by atoms with Crippen LogP contribution >= 0.6 is 0 Å². The minimum Gasteiger partial charge on any atom is -0.388 e. The SMILES string of the molecule is CC(CC(O)c1ccccc1)NC(=O)NC1CCc2ccccc21. The van der Waals surface area contributed by atoms with Crippen molar-refractivity contribution in [1.82, 2.24) is 10.6 Å². The average Bonchev–Trinajstić information content (AvgIpc) is 2.98. The van der Waals surface area contributed by atoms with E-state index < -0.39 is 6.10 Å². The summed E-state index contributed by atoms with van der Waals surface area (Å²) in [6, 6.07) is 17.5. The first-order valence-electron chi connectivity index (χ1n) is 8.51. The smallest absolute Gasteiger partial charge is 0.315 e. The van der Waals surface area contributed by atoms with Gasteiger partial charge in [-0.05, 0) is 42.9 Å². The van der Waals surface area contributed by atoms with E-state index in [0.717, 1.165) is 18.4 Å². The fourth-order valence-corrected chi connectivity index (χ4v) is 3.34. The number of nitrogens with one attached hydrogen (secondary N) is 2. The van der Waals surface area contributed by atoms with Gasteiger partial charge >= 0.3 is 6.03 Å². The number of aryl methyl sites for hydroxylation is 1. The predicted octanol–water partition coefficient (Wildman–Crippen LogP) is 3.49. The van der Waals surface area contributed by atoms with Gasteiger partial charge in [0.05, 0.1) is 12.1 Å². The van der Waals surface area contributed by atoms with Crippen LogP contribution in [0.3, 0.4) is 0 Å². The number of urea groups is 1. The molecule has 2 amide bonds. The van der Waals surface area contributed by atoms with E-state index in [1.54, 1.807) is 0 Å². The van der Waals surface area contributed by atoms with Gasteiger partial charge in [-0.1, -0.05) is 54.6 Å². The summed E-state index contributed by atoms with van der Waals surface area (Å²) in [6.45, 7) is 1.91. The summed E-state index contributed by atoms with van der Waals surface area (Å²) in [6.07, 6.45) is 1.85. The van der Waals surface area contributed by atoms with Crippen molar-refractivity contribution in [2.75, 3.05) is 0 Å². The van der Waals surface area contributed by atoms with Crippen LogP contribution in [0.4, 0.5) is 4.79 Å². The van der Waals surface area contributed by atoms with Gasteiger partial charge in [-0.25, -0.2) is 4.79 Å². The summed E-state index contributed by atoms with van der Waals surface area (Å²) < 4.78 is 0. The second-order valence-corrected chi connectivity index (χ2v) is 6.47. The molecule has 2 aromatic rings. The van der Waals surface area contributed by atoms with E-state index in [2.05, 4.69) is 22.8 Å². The van der Waals surface area contributed by atoms with E-state index in [1.165, 1.54) is 11.1 Å². The number of aliphatic hydroxyl groups is 1. The zero-order valence-electron chi connectivity index (χ0n) is 13.9. The van der Waals surface area contributed by atoms with E-state index >= 15 is 0 Å². The molecule has 24 heavy (non-hydrogen) atoms. The lowest BCUT2D eigenvalue weighted by Gasteiger charge is -2.20. The molecule has 3 N–H and O–H groups in total. The summed E-state index contributed by atoms with van der Waals surface area (Å²) in [7, 11) is 0. The lowest BCUT2D eigenvalue weighted by molar-refractivity contribution is 0.154. The van der Waals surface area contributed by atoms with E-state index in [0.29, 0.717) is 6.42 Å². The Hall–Kier alpha value is -2.33. The van der Waals surface area contributed by atoms with Crippen LogP contribution in [0.5, 0.6) is 0 Å². The van der Waals surface area contributed by atoms with E-state index in [1.807, 2.05) is 49.4 Å². The molecule has 4 nitrogen and oxygen atoms in total. The Morgan fingerprint density at radius 3 is 2.67 bits per heavy atom. The Morgan fingerprint density at radius 1 is 1.17 bits per heavy atom. The molecule has 0 aromatic heterocycles. The van der Waals surface area contributed by atoms with Crippen molar-refractivity contribution < 1.29 is 9.90 Å². The van der Waals surface area contributed by atoms with Gasteiger partial charge in [0.2, 0.25) is 0 Å². The molecule has 0 aliphatic heterocycles. The third kappa shape index (κ3) is 3.95. The highest BCUT2D eigenvalue weighted by Gasteiger charge is 2.24. The van der Waals surface area contributed by atoms with Gasteiger partial charge in [-0.3, -0.25) is 0 Å². The van der Waals surface area contributed by atoms with Crippen molar-refractivity contribution in [3.05, 3.63) is 71.3 Å². The zero-order valence-corrected chi connectivity index (χ0v) is 13.9. The Kier molecular flexibility index (Phi) is 5.16. The van der Waals surface area contributed by atoms with Crippen LogP contribution in [0.2, 0.25) is 0 Å². The van der Waals surface area contributed by atoms with Crippen LogP contribution in [-0.4, -0.2) is 17.2 Å². The molecule has 126 valence electrons. The maximum atomic E-state index is 12.2. The molecule has 0 saturated heterocycles. The molecule has 1 aliphatic carbocycles. The average molecular weight is 324 g/mol. The van der Waals surface area contributed by atoms with Crippen LogP contribution in [-0.2, 0) is 6.42 Å². The van der Waals surface area contributed by atoms with Gasteiger partial charge in [-0.15, -0.1) is 0 Å². The first-order chi connectivity index (χ1) is 11.6. The third-order valence-electron chi connectivity index (χ3n) is 4.58. The molecular weight excluding hydrogens is 300 g/mol. The Bertz CT molecular complexity index is 687. The molecule has 1 aliphatic rings. The molecule has 3 unspecified atom stereocenters. The number of fused-ring (bicyclic) bond motifs is 1. The first-order valence-corrected chi connectivity index (χ1v) is 8.51. The lowest BCUT2D eigenvalue weighted by Crippen LogP contribution is -2.42. The van der Waals surface area contributed by atoms with Gasteiger partial charge in [-0.2, -0.15) is 0 Å². The molecule has 0 radical (unpaired) electrons. The molecule has 0 heterocycles. The first kappa shape index (κ1) is 16.5. The highest BCUT2D eigenvalue weighted by molar-refractivity contribution is 5.75. The van der Waals surface area contributed by atoms with Crippen molar-refractivity contribution >= 4 is 6.03 Å². The molecule has 0 fully saturated rings. The number of amides is 2. The molecule has 2 aromatic carbocycles. The van der Waals surface area contributed by atoms with Gasteiger partial charge < -0.3 is 15.7 Å². The van der Waals surface area contributed by atoms with Crippen LogP contribution in [0.25, 0.3) is 0 Å². The largest absolute Gasteiger partial charge is 0.388 e. The highest BCUT2D eigenvalue weighted by Crippen LogP contribution is 2.30. The number of benzene rings is 2. The molecule has 3 atom stereocenters. The number of rotatable bonds is 5. The monoisotopic (exact) mass is 324 g/mol. The summed E-state index contributed by atoms with van der Waals surface area (Å²) in [5.74, 6) is 0. The fourth-order valence-electron chi connectivity index (χ4n) is 3.34. The predicted molar refractivity (Wildman–Crippen MR) is 94.7 cm³/mol. The summed E-state index contributed by atoms with van der Waals surface area (Å²) in [5, 5.41) is 16.2. The third-order valence-corrected chi connectivity index (χ3v) is 4.58. The summed E-state index contributed by atoms with van der Waals surface area (Å²) >= 11 is 0. The lowest BCUT2D eigenvalue weighted by atomic mass is 10.0. The minimum atomic E-state index is -0.575. The van der Waals surface area contributed by atoms with Crippen molar-refractivity contribution in [2.24, 2.45) is 0 Å². The maximum Gasteiger partial charge on any atom is 0.315 e. The van der Waals surface area contributed by atoms with Gasteiger partial charge in [0.15, 0.2) is 0 Å². The van der Waals surface area contributed by atoms with Gasteiger partial charge in [0.1, 0.15) is 0 Å². The van der Waals surface area contributed by atoms with Crippen molar-refractivity contribution in [1.29, 1.82) is 0 Å². The number of hydrogen-bond acceptors (Lipinski definition) is 2. The molecule has 0 bridgehead atoms. The van der Waals surface area contributed by atoms with Gasteiger partial charge in [0, 0.05) is 6.04 Å². The molecule has 0 spiro atoms. The van der Waals surface area contributed by atoms with E-state index in [4.69, 9.17) is 0 Å². The quantitative estimate of drug-likeness (QED) is 0.788. The molecule has 4 heteroatoms. The number of hydrogen-bond donors (Lipinski definition) is 3. The van der Waals surface area contributed by atoms with Crippen LogP contribution in [0, 0.1) is 0 Å². The highest BCUT2D eigenvalue weighted by atomic mass is 16.3. The minimum absolute atomic E-state index is 0.0763. The zero-order chi connectivity index (χ0) is 16.9. The topological polar surface area (TPSA) is 61.4 Å². The Morgan fingerprint density at radius 2 is 1.88 bits per heavy atom. The van der Waals surface area contributed by atoms with Crippen molar-refractivity contribution in [3.63, 3.8) is 0 Å². The second kappa shape index (κ2) is 7.49. The second-order valence-electron chi connectivity index (χ2n) is 6.47. The normalized spacial score (nSPS) is 18.5. The van der Waals surface area contributed by atoms with Crippen molar-refractivity contribution in [2.45, 2.75) is 44.4 Å². The Labute approximate surface area is 142 Å². The summed E-state index contributed by atoms with van der Waals surface area (Å²) in [4.78, 5) is 12.2.